The van der Waals surface area contributed by atoms with Crippen LogP contribution in [-0.4, -0.2) is 43.5 Å². The van der Waals surface area contributed by atoms with Gasteiger partial charge in [-0.15, -0.1) is 0 Å². The lowest BCUT2D eigenvalue weighted by molar-refractivity contribution is -0.132. The first-order valence-corrected chi connectivity index (χ1v) is 9.29. The summed E-state index contributed by atoms with van der Waals surface area (Å²) in [5.74, 6) is 1.53. The molecule has 1 aromatic carbocycles. The van der Waals surface area contributed by atoms with Crippen molar-refractivity contribution in [1.29, 1.82) is 0 Å². The van der Waals surface area contributed by atoms with Crippen LogP contribution in [0.25, 0.3) is 0 Å². The highest BCUT2D eigenvalue weighted by atomic mass is 16.5. The fourth-order valence-electron chi connectivity index (χ4n) is 3.23. The van der Waals surface area contributed by atoms with E-state index in [4.69, 9.17) is 4.74 Å². The predicted octanol–water partition coefficient (Wildman–Crippen LogP) is 2.78. The second-order valence-corrected chi connectivity index (χ2v) is 6.75. The van der Waals surface area contributed by atoms with Gasteiger partial charge in [0.25, 0.3) is 0 Å². The Balaban J connectivity index is 1.75. The van der Waals surface area contributed by atoms with E-state index in [1.165, 1.54) is 0 Å². The summed E-state index contributed by atoms with van der Waals surface area (Å²) in [6.07, 6.45) is 4.82. The number of hydrogen-bond donors (Lipinski definition) is 1. The van der Waals surface area contributed by atoms with Gasteiger partial charge in [0.15, 0.2) is 0 Å². The molecule has 1 unspecified atom stereocenters. The van der Waals surface area contributed by atoms with Gasteiger partial charge in [0, 0.05) is 32.5 Å². The summed E-state index contributed by atoms with van der Waals surface area (Å²) in [4.78, 5) is 26.1. The van der Waals surface area contributed by atoms with E-state index in [0.29, 0.717) is 25.3 Å². The largest absolute Gasteiger partial charge is 0.497 e. The molecule has 5 nitrogen and oxygen atoms in total. The first-order valence-electron chi connectivity index (χ1n) is 9.29. The first kappa shape index (κ1) is 19.3. The molecule has 1 saturated heterocycles. The fraction of sp³-hybridized carbons (Fsp3) is 0.600. The van der Waals surface area contributed by atoms with Crippen LogP contribution in [0, 0.1) is 5.92 Å². The number of amides is 2. The number of ether oxygens (including phenoxy) is 1. The van der Waals surface area contributed by atoms with Crippen molar-refractivity contribution in [2.45, 2.75) is 45.4 Å². The Morgan fingerprint density at radius 3 is 2.68 bits per heavy atom. The SMILES string of the molecule is CCCC(=O)NCC1CCCN(C(=O)CCc2ccc(OC)cc2)C1. The van der Waals surface area contributed by atoms with E-state index in [9.17, 15) is 9.59 Å². The predicted molar refractivity (Wildman–Crippen MR) is 98.5 cm³/mol. The molecule has 0 saturated carbocycles. The molecule has 5 heteroatoms. The van der Waals surface area contributed by atoms with E-state index in [0.717, 1.165) is 50.1 Å². The minimum atomic E-state index is 0.116. The van der Waals surface area contributed by atoms with Crippen LogP contribution >= 0.6 is 0 Å². The molecule has 0 radical (unpaired) electrons. The Bertz CT molecular complexity index is 557. The highest BCUT2D eigenvalue weighted by molar-refractivity contribution is 5.77. The van der Waals surface area contributed by atoms with Gasteiger partial charge < -0.3 is 15.0 Å². The fourth-order valence-corrected chi connectivity index (χ4v) is 3.23. The average molecular weight is 346 g/mol. The zero-order chi connectivity index (χ0) is 18.1. The van der Waals surface area contributed by atoms with E-state index in [1.54, 1.807) is 7.11 Å². The second kappa shape index (κ2) is 10.1. The Kier molecular flexibility index (Phi) is 7.76. The van der Waals surface area contributed by atoms with Gasteiger partial charge >= 0.3 is 0 Å². The van der Waals surface area contributed by atoms with Gasteiger partial charge in [-0.2, -0.15) is 0 Å². The molecule has 25 heavy (non-hydrogen) atoms. The zero-order valence-corrected chi connectivity index (χ0v) is 15.4. The number of likely N-dealkylation sites (tertiary alicyclic amines) is 1. The van der Waals surface area contributed by atoms with Crippen LogP contribution in [0.2, 0.25) is 0 Å². The van der Waals surface area contributed by atoms with Gasteiger partial charge in [-0.1, -0.05) is 19.1 Å². The van der Waals surface area contributed by atoms with Crippen LogP contribution in [0.5, 0.6) is 5.75 Å². The number of hydrogen-bond acceptors (Lipinski definition) is 3. The smallest absolute Gasteiger partial charge is 0.222 e. The van der Waals surface area contributed by atoms with E-state index < -0.39 is 0 Å². The van der Waals surface area contributed by atoms with Crippen molar-refractivity contribution in [3.8, 4) is 5.75 Å². The van der Waals surface area contributed by atoms with Crippen molar-refractivity contribution >= 4 is 11.8 Å². The maximum absolute atomic E-state index is 12.5. The Labute approximate surface area is 150 Å². The van der Waals surface area contributed by atoms with Crippen molar-refractivity contribution in [2.24, 2.45) is 5.92 Å². The van der Waals surface area contributed by atoms with Gasteiger partial charge in [0.05, 0.1) is 7.11 Å². The normalized spacial score (nSPS) is 17.2. The summed E-state index contributed by atoms with van der Waals surface area (Å²) in [6, 6.07) is 7.87. The maximum Gasteiger partial charge on any atom is 0.222 e. The zero-order valence-electron chi connectivity index (χ0n) is 15.4. The van der Waals surface area contributed by atoms with Crippen molar-refractivity contribution in [3.63, 3.8) is 0 Å². The van der Waals surface area contributed by atoms with Crippen LogP contribution < -0.4 is 10.1 Å². The minimum absolute atomic E-state index is 0.116. The van der Waals surface area contributed by atoms with Crippen LogP contribution in [0.1, 0.15) is 44.6 Å². The summed E-state index contributed by atoms with van der Waals surface area (Å²) < 4.78 is 5.15. The Morgan fingerprint density at radius 1 is 1.24 bits per heavy atom. The van der Waals surface area contributed by atoms with Gasteiger partial charge in [0.1, 0.15) is 5.75 Å². The van der Waals surface area contributed by atoms with E-state index in [2.05, 4.69) is 5.32 Å². The number of nitrogens with zero attached hydrogens (tertiary/aromatic N) is 1. The van der Waals surface area contributed by atoms with Crippen molar-refractivity contribution in [2.75, 3.05) is 26.7 Å². The molecule has 0 aromatic heterocycles. The van der Waals surface area contributed by atoms with Crippen molar-refractivity contribution in [3.05, 3.63) is 29.8 Å². The van der Waals surface area contributed by atoms with E-state index in [1.807, 2.05) is 36.1 Å². The molecular weight excluding hydrogens is 316 g/mol. The molecular formula is C20H30N2O3. The number of aryl methyl sites for hydroxylation is 1. The topological polar surface area (TPSA) is 58.6 Å². The number of carbonyl (C=O) groups is 2. The third-order valence-corrected chi connectivity index (χ3v) is 4.72. The van der Waals surface area contributed by atoms with Crippen molar-refractivity contribution in [1.82, 2.24) is 10.2 Å². The van der Waals surface area contributed by atoms with Crippen LogP contribution in [0.15, 0.2) is 24.3 Å². The molecule has 2 rings (SSSR count). The number of nitrogens with one attached hydrogen (secondary N) is 1. The van der Waals surface area contributed by atoms with Gasteiger partial charge in [-0.3, -0.25) is 9.59 Å². The molecule has 0 spiro atoms. The summed E-state index contributed by atoms with van der Waals surface area (Å²) in [5.41, 5.74) is 1.15. The molecule has 1 aromatic rings. The third-order valence-electron chi connectivity index (χ3n) is 4.72. The lowest BCUT2D eigenvalue weighted by Gasteiger charge is -2.33. The Morgan fingerprint density at radius 2 is 2.00 bits per heavy atom. The lowest BCUT2D eigenvalue weighted by atomic mass is 9.97. The highest BCUT2D eigenvalue weighted by Crippen LogP contribution is 2.18. The summed E-state index contributed by atoms with van der Waals surface area (Å²) >= 11 is 0. The quantitative estimate of drug-likeness (QED) is 0.787. The molecule has 1 aliphatic heterocycles. The molecule has 0 bridgehead atoms. The highest BCUT2D eigenvalue weighted by Gasteiger charge is 2.23. The molecule has 138 valence electrons. The maximum atomic E-state index is 12.5. The summed E-state index contributed by atoms with van der Waals surface area (Å²) in [6.45, 7) is 4.28. The monoisotopic (exact) mass is 346 g/mol. The second-order valence-electron chi connectivity index (χ2n) is 6.75. The lowest BCUT2D eigenvalue weighted by Crippen LogP contribution is -2.43. The van der Waals surface area contributed by atoms with Crippen LogP contribution in [0.4, 0.5) is 0 Å². The molecule has 0 aliphatic carbocycles. The Hall–Kier alpha value is -2.04. The first-order chi connectivity index (χ1) is 12.1. The van der Waals surface area contributed by atoms with Crippen LogP contribution in [0.3, 0.4) is 0 Å². The molecule has 1 aliphatic rings. The van der Waals surface area contributed by atoms with Crippen molar-refractivity contribution < 1.29 is 14.3 Å². The van der Waals surface area contributed by atoms with E-state index >= 15 is 0 Å². The third kappa shape index (κ3) is 6.40. The standard InChI is InChI=1S/C20H30N2O3/c1-3-5-19(23)21-14-17-6-4-13-22(15-17)20(24)12-9-16-7-10-18(25-2)11-8-16/h7-8,10-11,17H,3-6,9,12-15H2,1-2H3,(H,21,23). The van der Waals surface area contributed by atoms with Gasteiger partial charge in [-0.05, 0) is 49.3 Å². The molecule has 1 heterocycles. The van der Waals surface area contributed by atoms with Crippen LogP contribution in [-0.2, 0) is 16.0 Å². The number of benzene rings is 1. The number of piperidine rings is 1. The number of rotatable bonds is 8. The van der Waals surface area contributed by atoms with Gasteiger partial charge in [0.2, 0.25) is 11.8 Å². The summed E-state index contributed by atoms with van der Waals surface area (Å²) in [5, 5.41) is 2.99. The van der Waals surface area contributed by atoms with Gasteiger partial charge in [-0.25, -0.2) is 0 Å². The average Bonchev–Trinajstić information content (AvgIpc) is 2.65. The number of carbonyl (C=O) groups excluding carboxylic acids is 2. The van der Waals surface area contributed by atoms with E-state index in [-0.39, 0.29) is 11.8 Å². The molecule has 1 N–H and O–H groups in total. The number of methoxy groups -OCH3 is 1. The summed E-state index contributed by atoms with van der Waals surface area (Å²) in [7, 11) is 1.65. The molecule has 1 atom stereocenters. The molecule has 2 amide bonds. The molecule has 1 fully saturated rings. The minimum Gasteiger partial charge on any atom is -0.497 e.